The number of hydrogen-bond acceptors (Lipinski definition) is 15. The second-order valence-corrected chi connectivity index (χ2v) is 5.96. The maximum absolute atomic E-state index is 10.4. The third-order valence-corrected chi connectivity index (χ3v) is 2.14. The monoisotopic (exact) mass is 660 g/mol. The molecule has 0 aromatic rings. The van der Waals surface area contributed by atoms with Crippen LogP contribution in [0.15, 0.2) is 0 Å². The number of rotatable bonds is 11. The van der Waals surface area contributed by atoms with E-state index in [2.05, 4.69) is 0 Å². The second kappa shape index (κ2) is 42.8. The summed E-state index contributed by atoms with van der Waals surface area (Å²) in [6, 6.07) is 0. The Kier molecular flexibility index (Phi) is 67.1. The topological polar surface area (TPSA) is 319 Å². The average Bonchev–Trinajstić information content (AvgIpc) is 2.55. The van der Waals surface area contributed by atoms with Crippen molar-refractivity contribution in [2.24, 2.45) is 0 Å². The first kappa shape index (κ1) is 62.8. The van der Waals surface area contributed by atoms with E-state index in [4.69, 9.17) is 39.6 Å². The van der Waals surface area contributed by atoms with Gasteiger partial charge in [0.15, 0.2) is 0 Å². The molecule has 210 valence electrons. The standard InChI is InChI=1S/C10H16N2O8.4C2H4O2.3Na.Zn/c13-7(14)3-11(4-8(15)16)1-2-12(5-9(17)18)6-10(19)20;4*1-2(3)4;;;;/h1-6H2,(H,13,14)(H,15,16)(H,17,18)(H,19,20);4*1H3,(H,3,4);;;;/q;;;;;3*+1;+2/p-5. The van der Waals surface area contributed by atoms with Crippen LogP contribution in [0.2, 0.25) is 0 Å². The molecule has 0 spiro atoms. The molecule has 0 saturated heterocycles. The maximum atomic E-state index is 10.4. The van der Waals surface area contributed by atoms with E-state index < -0.39 is 73.9 Å². The Morgan fingerprint density at radius 1 is 0.475 bits per heavy atom. The molecule has 0 heterocycles. The summed E-state index contributed by atoms with van der Waals surface area (Å²) in [5.74, 6) is -9.70. The van der Waals surface area contributed by atoms with Crippen molar-refractivity contribution in [1.29, 1.82) is 0 Å². The van der Waals surface area contributed by atoms with Gasteiger partial charge < -0.3 is 64.8 Å². The van der Waals surface area contributed by atoms with Crippen molar-refractivity contribution in [3.05, 3.63) is 0 Å². The molecular formula is C18H27N2Na3O16Zn. The van der Waals surface area contributed by atoms with Gasteiger partial charge in [0.2, 0.25) is 0 Å². The SMILES string of the molecule is CC(=O)O.CC(=O)O.CC(=O)O.CC(=O)[O-].O=C([O-])CN(CCN(CC(=O)[O-])CC(=O)[O-])CC(=O)[O-].[Na+].[Na+].[Na+].[Zn+2]. The first-order chi connectivity index (χ1) is 16.1. The molecule has 3 N–H and O–H groups in total. The Labute approximate surface area is 308 Å². The predicted molar refractivity (Wildman–Crippen MR) is 104 cm³/mol. The van der Waals surface area contributed by atoms with E-state index in [1.807, 2.05) is 0 Å². The van der Waals surface area contributed by atoms with Crippen molar-refractivity contribution in [3.8, 4) is 0 Å². The van der Waals surface area contributed by atoms with E-state index in [1.54, 1.807) is 0 Å². The minimum Gasteiger partial charge on any atom is -0.550 e. The van der Waals surface area contributed by atoms with Gasteiger partial charge in [-0.2, -0.15) is 0 Å². The fourth-order valence-electron chi connectivity index (χ4n) is 1.44. The van der Waals surface area contributed by atoms with E-state index in [-0.39, 0.29) is 121 Å². The molecule has 0 aromatic heterocycles. The van der Waals surface area contributed by atoms with Gasteiger partial charge >= 0.3 is 108 Å². The first-order valence-corrected chi connectivity index (χ1v) is 9.14. The summed E-state index contributed by atoms with van der Waals surface area (Å²) >= 11 is 0. The van der Waals surface area contributed by atoms with Crippen molar-refractivity contribution in [1.82, 2.24) is 9.80 Å². The van der Waals surface area contributed by atoms with Crippen LogP contribution in [-0.2, 0) is 57.8 Å². The number of aliphatic carboxylic acids is 8. The molecule has 0 aliphatic rings. The second-order valence-electron chi connectivity index (χ2n) is 5.96. The quantitative estimate of drug-likeness (QED) is 0.173. The number of carboxylic acid groups (broad SMARTS) is 8. The summed E-state index contributed by atoms with van der Waals surface area (Å²) in [5, 5.41) is 72.8. The Balaban J connectivity index is -0.0000000568. The number of nitrogens with zero attached hydrogens (tertiary/aromatic N) is 2. The summed E-state index contributed by atoms with van der Waals surface area (Å²) in [4.78, 5) is 79.3. The van der Waals surface area contributed by atoms with Crippen LogP contribution in [-0.4, -0.2) is 112 Å². The molecule has 0 saturated carbocycles. The van der Waals surface area contributed by atoms with E-state index in [9.17, 15) is 39.6 Å². The Morgan fingerprint density at radius 2 is 0.575 bits per heavy atom. The van der Waals surface area contributed by atoms with Gasteiger partial charge in [0, 0.05) is 66.0 Å². The molecule has 18 nitrogen and oxygen atoms in total. The molecule has 0 bridgehead atoms. The molecule has 0 aliphatic carbocycles. The average molecular weight is 662 g/mol. The van der Waals surface area contributed by atoms with Crippen molar-refractivity contribution in [2.45, 2.75) is 27.7 Å². The van der Waals surface area contributed by atoms with Gasteiger partial charge in [-0.15, -0.1) is 0 Å². The van der Waals surface area contributed by atoms with Crippen LogP contribution in [0.4, 0.5) is 0 Å². The molecule has 0 atom stereocenters. The summed E-state index contributed by atoms with van der Waals surface area (Å²) in [5.41, 5.74) is 0. The van der Waals surface area contributed by atoms with Gasteiger partial charge in [0.1, 0.15) is 0 Å². The molecule has 0 amide bonds. The zero-order valence-electron chi connectivity index (χ0n) is 23.5. The zero-order valence-corrected chi connectivity index (χ0v) is 32.5. The summed E-state index contributed by atoms with van der Waals surface area (Å²) in [6.07, 6.45) is 0. The van der Waals surface area contributed by atoms with Crippen LogP contribution in [0.25, 0.3) is 0 Å². The van der Waals surface area contributed by atoms with Crippen LogP contribution in [0.5, 0.6) is 0 Å². The Hall–Kier alpha value is -0.697. The van der Waals surface area contributed by atoms with Crippen molar-refractivity contribution < 1.29 is 187 Å². The molecular weight excluding hydrogens is 635 g/mol. The largest absolute Gasteiger partial charge is 2.00 e. The number of carboxylic acids is 8. The molecule has 22 heteroatoms. The minimum absolute atomic E-state index is 0. The van der Waals surface area contributed by atoms with Crippen molar-refractivity contribution >= 4 is 47.8 Å². The smallest absolute Gasteiger partial charge is 0.550 e. The Morgan fingerprint density at radius 3 is 0.650 bits per heavy atom. The third kappa shape index (κ3) is 119. The van der Waals surface area contributed by atoms with Crippen molar-refractivity contribution in [2.75, 3.05) is 39.3 Å². The fraction of sp³-hybridized carbons (Fsp3) is 0.556. The molecule has 0 fully saturated rings. The number of hydrogen-bond donors (Lipinski definition) is 3. The molecule has 0 aliphatic heterocycles. The van der Waals surface area contributed by atoms with Gasteiger partial charge in [-0.1, -0.05) is 0 Å². The van der Waals surface area contributed by atoms with Gasteiger partial charge in [-0.05, 0) is 6.92 Å². The van der Waals surface area contributed by atoms with E-state index in [0.717, 1.165) is 37.5 Å². The maximum Gasteiger partial charge on any atom is 2.00 e. The Bertz CT molecular complexity index is 612. The molecule has 0 aromatic carbocycles. The van der Waals surface area contributed by atoms with E-state index in [0.29, 0.717) is 0 Å². The number of carbonyl (C=O) groups is 8. The third-order valence-electron chi connectivity index (χ3n) is 2.14. The van der Waals surface area contributed by atoms with Crippen LogP contribution >= 0.6 is 0 Å². The summed E-state index contributed by atoms with van der Waals surface area (Å²) in [6.45, 7) is 0.971. The van der Waals surface area contributed by atoms with Gasteiger partial charge in [-0.25, -0.2) is 0 Å². The van der Waals surface area contributed by atoms with E-state index in [1.165, 1.54) is 0 Å². The predicted octanol–water partition coefficient (Wildman–Crippen LogP) is -17.4. The number of carbonyl (C=O) groups excluding carboxylic acids is 5. The molecule has 0 rings (SSSR count). The van der Waals surface area contributed by atoms with Crippen LogP contribution in [0.3, 0.4) is 0 Å². The van der Waals surface area contributed by atoms with Crippen LogP contribution in [0, 0.1) is 0 Å². The minimum atomic E-state index is -1.53. The van der Waals surface area contributed by atoms with Gasteiger partial charge in [0.05, 0.1) is 23.9 Å². The zero-order chi connectivity index (χ0) is 30.0. The normalized spacial score (nSPS) is 7.85. The van der Waals surface area contributed by atoms with Crippen molar-refractivity contribution in [3.63, 3.8) is 0 Å². The summed E-state index contributed by atoms with van der Waals surface area (Å²) in [7, 11) is 0. The van der Waals surface area contributed by atoms with Crippen LogP contribution in [0.1, 0.15) is 27.7 Å². The fourth-order valence-corrected chi connectivity index (χ4v) is 1.44. The molecule has 40 heavy (non-hydrogen) atoms. The molecule has 0 unspecified atom stereocenters. The van der Waals surface area contributed by atoms with Gasteiger partial charge in [-0.3, -0.25) is 24.2 Å². The van der Waals surface area contributed by atoms with E-state index >= 15 is 0 Å². The van der Waals surface area contributed by atoms with Gasteiger partial charge in [0.25, 0.3) is 17.9 Å². The first-order valence-electron chi connectivity index (χ1n) is 9.14. The molecule has 0 radical (unpaired) electrons. The van der Waals surface area contributed by atoms with Crippen LogP contribution < -0.4 is 114 Å². The summed E-state index contributed by atoms with van der Waals surface area (Å²) < 4.78 is 0.